The minimum absolute atomic E-state index is 0.159. The predicted octanol–water partition coefficient (Wildman–Crippen LogP) is 2.73. The first-order valence-corrected chi connectivity index (χ1v) is 5.41. The molecule has 0 amide bonds. The molecule has 1 atom stereocenters. The van der Waals surface area contributed by atoms with Gasteiger partial charge >= 0.3 is 0 Å². The maximum Gasteiger partial charge on any atom is 0.130 e. The van der Waals surface area contributed by atoms with Crippen LogP contribution >= 0.6 is 0 Å². The second kappa shape index (κ2) is 3.86. The number of hydrogen-bond donors (Lipinski definition) is 0. The fourth-order valence-corrected chi connectivity index (χ4v) is 2.16. The molecule has 1 heterocycles. The van der Waals surface area contributed by atoms with E-state index in [9.17, 15) is 0 Å². The van der Waals surface area contributed by atoms with Gasteiger partial charge in [-0.1, -0.05) is 18.2 Å². The van der Waals surface area contributed by atoms with Crippen molar-refractivity contribution in [3.63, 3.8) is 0 Å². The van der Waals surface area contributed by atoms with Crippen LogP contribution in [0.1, 0.15) is 24.5 Å². The average molecular weight is 206 g/mol. The molecule has 1 aromatic carbocycles. The molecule has 1 aliphatic rings. The van der Waals surface area contributed by atoms with Gasteiger partial charge in [0.25, 0.3) is 0 Å². The molecule has 0 aliphatic carbocycles. The van der Waals surface area contributed by atoms with Crippen molar-refractivity contribution < 1.29 is 9.47 Å². The lowest BCUT2D eigenvalue weighted by molar-refractivity contribution is -0.0110. The third-order valence-electron chi connectivity index (χ3n) is 3.01. The average Bonchev–Trinajstić information content (AvgIpc) is 2.20. The number of fused-ring (bicyclic) bond motifs is 1. The van der Waals surface area contributed by atoms with Crippen molar-refractivity contribution in [2.75, 3.05) is 13.7 Å². The third-order valence-corrected chi connectivity index (χ3v) is 3.01. The van der Waals surface area contributed by atoms with Crippen LogP contribution in [0, 0.1) is 6.92 Å². The van der Waals surface area contributed by atoms with E-state index in [0.29, 0.717) is 6.61 Å². The summed E-state index contributed by atoms with van der Waals surface area (Å²) >= 11 is 0. The van der Waals surface area contributed by atoms with E-state index in [1.807, 2.05) is 0 Å². The molecule has 0 radical (unpaired) electrons. The van der Waals surface area contributed by atoms with Crippen molar-refractivity contribution in [1.82, 2.24) is 0 Å². The number of ether oxygens (including phenoxy) is 2. The van der Waals surface area contributed by atoms with E-state index in [-0.39, 0.29) is 5.60 Å². The second-order valence-electron chi connectivity index (χ2n) is 4.55. The zero-order valence-corrected chi connectivity index (χ0v) is 9.67. The number of hydrogen-bond acceptors (Lipinski definition) is 2. The van der Waals surface area contributed by atoms with Crippen molar-refractivity contribution in [1.29, 1.82) is 0 Å². The minimum Gasteiger partial charge on any atom is -0.485 e. The van der Waals surface area contributed by atoms with Gasteiger partial charge in [0.2, 0.25) is 0 Å². The van der Waals surface area contributed by atoms with Gasteiger partial charge in [0.15, 0.2) is 0 Å². The summed E-state index contributed by atoms with van der Waals surface area (Å²) in [6.45, 7) is 4.87. The first-order chi connectivity index (χ1) is 7.14. The number of aryl methyl sites for hydroxylation is 2. The van der Waals surface area contributed by atoms with Gasteiger partial charge in [-0.25, -0.2) is 0 Å². The molecule has 0 saturated carbocycles. The maximum absolute atomic E-state index is 6.07. The van der Waals surface area contributed by atoms with Gasteiger partial charge in [-0.15, -0.1) is 0 Å². The van der Waals surface area contributed by atoms with E-state index in [2.05, 4.69) is 32.0 Å². The molecule has 0 spiro atoms. The van der Waals surface area contributed by atoms with Crippen LogP contribution < -0.4 is 4.74 Å². The number of para-hydroxylation sites is 1. The van der Waals surface area contributed by atoms with Crippen LogP contribution in [0.25, 0.3) is 0 Å². The SMILES string of the molecule is COCC1(C)CCc2cccc(C)c2O1. The summed E-state index contributed by atoms with van der Waals surface area (Å²) in [6.07, 6.45) is 2.11. The van der Waals surface area contributed by atoms with Crippen LogP contribution in [-0.2, 0) is 11.2 Å². The van der Waals surface area contributed by atoms with E-state index in [1.54, 1.807) is 7.11 Å². The third kappa shape index (κ3) is 2.00. The Bertz CT molecular complexity index is 360. The highest BCUT2D eigenvalue weighted by molar-refractivity contribution is 5.42. The summed E-state index contributed by atoms with van der Waals surface area (Å²) in [5.41, 5.74) is 2.38. The van der Waals surface area contributed by atoms with Gasteiger partial charge < -0.3 is 9.47 Å². The van der Waals surface area contributed by atoms with Gasteiger partial charge in [0.05, 0.1) is 6.61 Å². The molecular weight excluding hydrogens is 188 g/mol. The fraction of sp³-hybridized carbons (Fsp3) is 0.538. The molecule has 0 N–H and O–H groups in total. The fourth-order valence-electron chi connectivity index (χ4n) is 2.16. The predicted molar refractivity (Wildman–Crippen MR) is 60.4 cm³/mol. The molecular formula is C13H18O2. The molecule has 15 heavy (non-hydrogen) atoms. The minimum atomic E-state index is -0.159. The summed E-state index contributed by atoms with van der Waals surface area (Å²) < 4.78 is 11.3. The lowest BCUT2D eigenvalue weighted by Crippen LogP contribution is -2.40. The van der Waals surface area contributed by atoms with Crippen molar-refractivity contribution in [2.45, 2.75) is 32.3 Å². The molecule has 82 valence electrons. The topological polar surface area (TPSA) is 18.5 Å². The molecule has 2 heteroatoms. The van der Waals surface area contributed by atoms with Crippen LogP contribution in [0.4, 0.5) is 0 Å². The molecule has 2 nitrogen and oxygen atoms in total. The second-order valence-corrected chi connectivity index (χ2v) is 4.55. The van der Waals surface area contributed by atoms with E-state index >= 15 is 0 Å². The lowest BCUT2D eigenvalue weighted by Gasteiger charge is -2.36. The molecule has 2 rings (SSSR count). The number of methoxy groups -OCH3 is 1. The number of rotatable bonds is 2. The van der Waals surface area contributed by atoms with Gasteiger partial charge in [-0.05, 0) is 37.8 Å². The highest BCUT2D eigenvalue weighted by Gasteiger charge is 2.32. The monoisotopic (exact) mass is 206 g/mol. The molecule has 0 saturated heterocycles. The van der Waals surface area contributed by atoms with E-state index in [0.717, 1.165) is 18.6 Å². The standard InChI is InChI=1S/C13H18O2/c1-10-5-4-6-11-7-8-13(2,9-14-3)15-12(10)11/h4-6H,7-9H2,1-3H3. The zero-order valence-electron chi connectivity index (χ0n) is 9.67. The Morgan fingerprint density at radius 2 is 2.27 bits per heavy atom. The Labute approximate surface area is 91.2 Å². The van der Waals surface area contributed by atoms with Crippen LogP contribution in [0.2, 0.25) is 0 Å². The molecule has 1 aliphatic heterocycles. The van der Waals surface area contributed by atoms with Crippen LogP contribution in [-0.4, -0.2) is 19.3 Å². The smallest absolute Gasteiger partial charge is 0.130 e. The van der Waals surface area contributed by atoms with Crippen molar-refractivity contribution >= 4 is 0 Å². The molecule has 0 bridgehead atoms. The Morgan fingerprint density at radius 1 is 1.47 bits per heavy atom. The summed E-state index contributed by atoms with van der Waals surface area (Å²) in [4.78, 5) is 0. The quantitative estimate of drug-likeness (QED) is 0.740. The Hall–Kier alpha value is -1.02. The van der Waals surface area contributed by atoms with Gasteiger partial charge in [0, 0.05) is 7.11 Å². The lowest BCUT2D eigenvalue weighted by atomic mass is 9.92. The van der Waals surface area contributed by atoms with Crippen LogP contribution in [0.5, 0.6) is 5.75 Å². The highest BCUT2D eigenvalue weighted by Crippen LogP contribution is 2.35. The maximum atomic E-state index is 6.07. The van der Waals surface area contributed by atoms with Gasteiger partial charge in [-0.3, -0.25) is 0 Å². The summed E-state index contributed by atoms with van der Waals surface area (Å²) in [5, 5.41) is 0. The largest absolute Gasteiger partial charge is 0.485 e. The van der Waals surface area contributed by atoms with E-state index < -0.39 is 0 Å². The molecule has 1 unspecified atom stereocenters. The first kappa shape index (κ1) is 10.5. The Morgan fingerprint density at radius 3 is 3.00 bits per heavy atom. The normalized spacial score (nSPS) is 24.5. The molecule has 1 aromatic rings. The van der Waals surface area contributed by atoms with Crippen molar-refractivity contribution in [3.05, 3.63) is 29.3 Å². The summed E-state index contributed by atoms with van der Waals surface area (Å²) in [7, 11) is 1.72. The van der Waals surface area contributed by atoms with E-state index in [4.69, 9.17) is 9.47 Å². The van der Waals surface area contributed by atoms with Crippen LogP contribution in [0.3, 0.4) is 0 Å². The number of benzene rings is 1. The summed E-state index contributed by atoms with van der Waals surface area (Å²) in [5.74, 6) is 1.06. The summed E-state index contributed by atoms with van der Waals surface area (Å²) in [6, 6.07) is 6.34. The molecule has 0 aromatic heterocycles. The first-order valence-electron chi connectivity index (χ1n) is 5.41. The zero-order chi connectivity index (χ0) is 10.9. The Balaban J connectivity index is 2.29. The van der Waals surface area contributed by atoms with Gasteiger partial charge in [0.1, 0.15) is 11.4 Å². The molecule has 0 fully saturated rings. The van der Waals surface area contributed by atoms with Crippen molar-refractivity contribution in [3.8, 4) is 5.75 Å². The van der Waals surface area contributed by atoms with Gasteiger partial charge in [-0.2, -0.15) is 0 Å². The van der Waals surface area contributed by atoms with Crippen molar-refractivity contribution in [2.24, 2.45) is 0 Å². The van der Waals surface area contributed by atoms with E-state index in [1.165, 1.54) is 11.1 Å². The highest BCUT2D eigenvalue weighted by atomic mass is 16.5. The Kier molecular flexibility index (Phi) is 2.70. The van der Waals surface area contributed by atoms with Crippen LogP contribution in [0.15, 0.2) is 18.2 Å².